The maximum absolute atomic E-state index is 12.6. The first-order chi connectivity index (χ1) is 16.0. The topological polar surface area (TPSA) is 78.7 Å². The molecule has 1 saturated heterocycles. The maximum atomic E-state index is 12.6. The molecule has 0 radical (unpaired) electrons. The Hall–Kier alpha value is -3.45. The van der Waals surface area contributed by atoms with Gasteiger partial charge in [-0.3, -0.25) is 14.5 Å². The van der Waals surface area contributed by atoms with Crippen molar-refractivity contribution in [3.05, 3.63) is 71.7 Å². The van der Waals surface area contributed by atoms with E-state index in [-0.39, 0.29) is 11.8 Å². The van der Waals surface area contributed by atoms with E-state index in [1.54, 1.807) is 6.20 Å². The smallest absolute Gasteiger partial charge is 0.238 e. The van der Waals surface area contributed by atoms with Gasteiger partial charge in [-0.15, -0.1) is 0 Å². The van der Waals surface area contributed by atoms with E-state index < -0.39 is 0 Å². The molecule has 0 spiro atoms. The summed E-state index contributed by atoms with van der Waals surface area (Å²) in [6.07, 6.45) is 2.54. The van der Waals surface area contributed by atoms with Crippen LogP contribution in [-0.4, -0.2) is 59.3 Å². The van der Waals surface area contributed by atoms with Gasteiger partial charge in [0, 0.05) is 50.3 Å². The number of benzene rings is 2. The molecule has 1 aromatic heterocycles. The molecule has 33 heavy (non-hydrogen) atoms. The van der Waals surface area contributed by atoms with Crippen molar-refractivity contribution in [2.24, 2.45) is 0 Å². The first-order valence-corrected chi connectivity index (χ1v) is 11.4. The summed E-state index contributed by atoms with van der Waals surface area (Å²) in [5.41, 5.74) is 4.07. The number of piperazine rings is 1. The molecule has 4 rings (SSSR count). The summed E-state index contributed by atoms with van der Waals surface area (Å²) in [6.45, 7) is 6.98. The zero-order valence-corrected chi connectivity index (χ0v) is 19.2. The molecule has 1 aliphatic heterocycles. The van der Waals surface area contributed by atoms with Crippen LogP contribution in [0.3, 0.4) is 0 Å². The molecule has 0 bridgehead atoms. The molecule has 7 heteroatoms. The van der Waals surface area contributed by atoms with Crippen molar-refractivity contribution in [2.45, 2.75) is 26.7 Å². The molecule has 1 aliphatic rings. The number of carbonyl (C=O) groups excluding carboxylic acids is 2. The number of aryl methyl sites for hydroxylation is 2. The van der Waals surface area contributed by atoms with Gasteiger partial charge >= 0.3 is 0 Å². The maximum Gasteiger partial charge on any atom is 0.238 e. The highest BCUT2D eigenvalue weighted by Gasteiger charge is 2.23. The van der Waals surface area contributed by atoms with Crippen LogP contribution in [0, 0.1) is 13.8 Å². The van der Waals surface area contributed by atoms with Crippen LogP contribution in [0.1, 0.15) is 23.4 Å². The zero-order valence-electron chi connectivity index (χ0n) is 19.2. The van der Waals surface area contributed by atoms with Gasteiger partial charge in [-0.1, -0.05) is 42.5 Å². The highest BCUT2D eigenvalue weighted by molar-refractivity contribution is 5.93. The lowest BCUT2D eigenvalue weighted by atomic mass is 10.1. The second-order valence-corrected chi connectivity index (χ2v) is 8.44. The summed E-state index contributed by atoms with van der Waals surface area (Å²) < 4.78 is 5.80. The van der Waals surface area contributed by atoms with Gasteiger partial charge in [-0.2, -0.15) is 0 Å². The average Bonchev–Trinajstić information content (AvgIpc) is 3.31. The van der Waals surface area contributed by atoms with Crippen molar-refractivity contribution in [3.63, 3.8) is 0 Å². The van der Waals surface area contributed by atoms with Crippen molar-refractivity contribution in [3.8, 4) is 11.3 Å². The fraction of sp³-hybridized carbons (Fsp3) is 0.346. The van der Waals surface area contributed by atoms with Gasteiger partial charge in [0.25, 0.3) is 0 Å². The Morgan fingerprint density at radius 1 is 1.00 bits per heavy atom. The summed E-state index contributed by atoms with van der Waals surface area (Å²) in [7, 11) is 0. The van der Waals surface area contributed by atoms with Crippen molar-refractivity contribution >= 4 is 17.5 Å². The van der Waals surface area contributed by atoms with Crippen LogP contribution in [0.4, 0.5) is 5.69 Å². The van der Waals surface area contributed by atoms with Crippen molar-refractivity contribution in [1.82, 2.24) is 14.8 Å². The number of hydrogen-bond acceptors (Lipinski definition) is 5. The fourth-order valence-corrected chi connectivity index (χ4v) is 3.97. The minimum Gasteiger partial charge on any atom is -0.441 e. The van der Waals surface area contributed by atoms with Crippen LogP contribution in [0.15, 0.2) is 59.1 Å². The first kappa shape index (κ1) is 22.7. The predicted octanol–water partition coefficient (Wildman–Crippen LogP) is 3.67. The second kappa shape index (κ2) is 10.4. The Labute approximate surface area is 194 Å². The molecular formula is C26H30N4O3. The molecule has 0 atom stereocenters. The lowest BCUT2D eigenvalue weighted by molar-refractivity contribution is -0.133. The predicted molar refractivity (Wildman–Crippen MR) is 128 cm³/mol. The summed E-state index contributed by atoms with van der Waals surface area (Å²) in [4.78, 5) is 33.4. The van der Waals surface area contributed by atoms with Gasteiger partial charge in [0.15, 0.2) is 11.7 Å². The lowest BCUT2D eigenvalue weighted by Crippen LogP contribution is -2.50. The first-order valence-electron chi connectivity index (χ1n) is 11.4. The number of anilines is 1. The Morgan fingerprint density at radius 2 is 1.76 bits per heavy atom. The van der Waals surface area contributed by atoms with E-state index in [2.05, 4.69) is 15.2 Å². The van der Waals surface area contributed by atoms with Gasteiger partial charge in [-0.05, 0) is 31.0 Å². The molecule has 7 nitrogen and oxygen atoms in total. The summed E-state index contributed by atoms with van der Waals surface area (Å²) >= 11 is 0. The molecule has 0 aliphatic carbocycles. The molecule has 2 amide bonds. The Balaban J connectivity index is 1.20. The molecule has 0 saturated carbocycles. The van der Waals surface area contributed by atoms with Crippen molar-refractivity contribution in [2.75, 3.05) is 38.0 Å². The molecule has 0 unspecified atom stereocenters. The fourth-order valence-electron chi connectivity index (χ4n) is 3.97. The lowest BCUT2D eigenvalue weighted by Gasteiger charge is -2.34. The number of carbonyl (C=O) groups is 2. The number of amides is 2. The minimum absolute atomic E-state index is 0.0263. The molecular weight excluding hydrogens is 416 g/mol. The minimum atomic E-state index is -0.0263. The van der Waals surface area contributed by atoms with Crippen LogP contribution in [-0.2, 0) is 16.0 Å². The Morgan fingerprint density at radius 3 is 2.52 bits per heavy atom. The average molecular weight is 447 g/mol. The van der Waals surface area contributed by atoms with E-state index in [9.17, 15) is 9.59 Å². The SMILES string of the molecule is Cc1cccc(NC(=O)CN2CCN(C(=O)CCc3ncc(-c4ccccc4)o3)CC2)c1C. The normalized spacial score (nSPS) is 14.3. The van der Waals surface area contributed by atoms with Crippen molar-refractivity contribution in [1.29, 1.82) is 0 Å². The third-order valence-electron chi connectivity index (χ3n) is 6.14. The molecule has 2 heterocycles. The molecule has 3 aromatic rings. The van der Waals surface area contributed by atoms with E-state index in [1.165, 1.54) is 0 Å². The molecule has 2 aromatic carbocycles. The quantitative estimate of drug-likeness (QED) is 0.599. The monoisotopic (exact) mass is 446 g/mol. The highest BCUT2D eigenvalue weighted by atomic mass is 16.4. The summed E-state index contributed by atoms with van der Waals surface area (Å²) in [5.74, 6) is 1.35. The van der Waals surface area contributed by atoms with E-state index in [0.29, 0.717) is 57.2 Å². The highest BCUT2D eigenvalue weighted by Crippen LogP contribution is 2.21. The summed E-state index contributed by atoms with van der Waals surface area (Å²) in [6, 6.07) is 15.7. The summed E-state index contributed by atoms with van der Waals surface area (Å²) in [5, 5.41) is 3.01. The number of nitrogens with zero attached hydrogens (tertiary/aromatic N) is 3. The molecule has 172 valence electrons. The number of oxazole rings is 1. The number of nitrogens with one attached hydrogen (secondary N) is 1. The van der Waals surface area contributed by atoms with Crippen LogP contribution < -0.4 is 5.32 Å². The van der Waals surface area contributed by atoms with Crippen LogP contribution in [0.2, 0.25) is 0 Å². The molecule has 1 fully saturated rings. The van der Waals surface area contributed by atoms with E-state index in [4.69, 9.17) is 4.42 Å². The van der Waals surface area contributed by atoms with Crippen molar-refractivity contribution < 1.29 is 14.0 Å². The third kappa shape index (κ3) is 5.87. The van der Waals surface area contributed by atoms with Gasteiger partial charge in [0.05, 0.1) is 12.7 Å². The third-order valence-corrected chi connectivity index (χ3v) is 6.14. The van der Waals surface area contributed by atoms with Gasteiger partial charge < -0.3 is 14.6 Å². The largest absolute Gasteiger partial charge is 0.441 e. The van der Waals surface area contributed by atoms with Gasteiger partial charge in [0.1, 0.15) is 0 Å². The molecule has 1 N–H and O–H groups in total. The van der Waals surface area contributed by atoms with Crippen LogP contribution >= 0.6 is 0 Å². The van der Waals surface area contributed by atoms with Crippen LogP contribution in [0.5, 0.6) is 0 Å². The Bertz CT molecular complexity index is 1100. The van der Waals surface area contributed by atoms with Crippen LogP contribution in [0.25, 0.3) is 11.3 Å². The van der Waals surface area contributed by atoms with Gasteiger partial charge in [0.2, 0.25) is 11.8 Å². The van der Waals surface area contributed by atoms with E-state index in [1.807, 2.05) is 67.3 Å². The number of hydrogen-bond donors (Lipinski definition) is 1. The van der Waals surface area contributed by atoms with Gasteiger partial charge in [-0.25, -0.2) is 4.98 Å². The second-order valence-electron chi connectivity index (χ2n) is 8.44. The van der Waals surface area contributed by atoms with E-state index in [0.717, 1.165) is 22.4 Å². The standard InChI is InChI=1S/C26H30N4O3/c1-19-7-6-10-22(20(19)2)28-24(31)18-29-13-15-30(16-14-29)26(32)12-11-25-27-17-23(33-25)21-8-4-3-5-9-21/h3-10,17H,11-16,18H2,1-2H3,(H,28,31). The number of rotatable bonds is 7. The Kier molecular flexibility index (Phi) is 7.19. The zero-order chi connectivity index (χ0) is 23.2. The number of aromatic nitrogens is 1. The van der Waals surface area contributed by atoms with E-state index >= 15 is 0 Å².